The molecular weight excluding hydrogens is 440 g/mol. The summed E-state index contributed by atoms with van der Waals surface area (Å²) in [5.74, 6) is 1.12. The van der Waals surface area contributed by atoms with E-state index in [1.165, 1.54) is 10.8 Å². The van der Waals surface area contributed by atoms with Crippen LogP contribution in [0.25, 0.3) is 33.2 Å². The molecule has 8 nitrogen and oxygen atoms in total. The van der Waals surface area contributed by atoms with Crippen LogP contribution in [0.5, 0.6) is 5.75 Å². The third kappa shape index (κ3) is 4.16. The first-order valence-electron chi connectivity index (χ1n) is 10.7. The summed E-state index contributed by atoms with van der Waals surface area (Å²) in [6.07, 6.45) is 10.3. The topological polar surface area (TPSA) is 96.1 Å². The van der Waals surface area contributed by atoms with Gasteiger partial charge < -0.3 is 9.30 Å². The Hall–Kier alpha value is -3.46. The van der Waals surface area contributed by atoms with Crippen molar-refractivity contribution in [3.05, 3.63) is 59.4 Å². The minimum absolute atomic E-state index is 0.182. The van der Waals surface area contributed by atoms with E-state index in [1.54, 1.807) is 48.5 Å². The standard InChI is InChI=1S/C24H24N4O4S/c1-27-13-21(18-9-22(16-10-26-28(2)12-16)25-11-20(18)24(27)29)19-8-17(33(3,30)31)6-7-23(19)32-14-15-4-5-15/h6-13,15H,4-5,14H2,1-3H3. The number of aryl methyl sites for hydroxylation is 2. The Labute approximate surface area is 191 Å². The van der Waals surface area contributed by atoms with Crippen molar-refractivity contribution in [3.8, 4) is 28.1 Å². The summed E-state index contributed by atoms with van der Waals surface area (Å²) in [6.45, 7) is 0.581. The van der Waals surface area contributed by atoms with Gasteiger partial charge in [0, 0.05) is 61.0 Å². The zero-order valence-corrected chi connectivity index (χ0v) is 19.5. The minimum atomic E-state index is -3.44. The molecule has 0 bridgehead atoms. The molecule has 1 aromatic carbocycles. The van der Waals surface area contributed by atoms with Crippen LogP contribution in [0.1, 0.15) is 12.8 Å². The maximum Gasteiger partial charge on any atom is 0.259 e. The van der Waals surface area contributed by atoms with Gasteiger partial charge in [-0.05, 0) is 43.0 Å². The SMILES string of the molecule is Cn1cc(-c2cc3c(-c4cc(S(C)(=O)=O)ccc4OCC4CC4)cn(C)c(=O)c3cn2)cn1. The number of hydrogen-bond donors (Lipinski definition) is 0. The molecule has 0 saturated heterocycles. The van der Waals surface area contributed by atoms with E-state index in [1.807, 2.05) is 19.3 Å². The van der Waals surface area contributed by atoms with Gasteiger partial charge >= 0.3 is 0 Å². The lowest BCUT2D eigenvalue weighted by atomic mass is 9.99. The second kappa shape index (κ2) is 7.84. The number of nitrogens with zero attached hydrogens (tertiary/aromatic N) is 4. The second-order valence-electron chi connectivity index (χ2n) is 8.66. The van der Waals surface area contributed by atoms with Gasteiger partial charge in [-0.2, -0.15) is 5.10 Å². The second-order valence-corrected chi connectivity index (χ2v) is 10.7. The molecule has 4 aromatic rings. The highest BCUT2D eigenvalue weighted by Crippen LogP contribution is 2.38. The number of pyridine rings is 2. The van der Waals surface area contributed by atoms with Gasteiger partial charge in [0.2, 0.25) is 0 Å². The maximum atomic E-state index is 12.9. The van der Waals surface area contributed by atoms with Crippen molar-refractivity contribution < 1.29 is 13.2 Å². The van der Waals surface area contributed by atoms with E-state index in [0.29, 0.717) is 45.9 Å². The molecule has 0 amide bonds. The van der Waals surface area contributed by atoms with E-state index in [4.69, 9.17) is 4.74 Å². The first kappa shape index (κ1) is 21.4. The van der Waals surface area contributed by atoms with Crippen molar-refractivity contribution in [2.75, 3.05) is 12.9 Å². The largest absolute Gasteiger partial charge is 0.493 e. The van der Waals surface area contributed by atoms with Crippen LogP contribution in [-0.4, -0.2) is 40.6 Å². The molecule has 0 atom stereocenters. The number of ether oxygens (including phenoxy) is 1. The van der Waals surface area contributed by atoms with Gasteiger partial charge in [-0.15, -0.1) is 0 Å². The minimum Gasteiger partial charge on any atom is -0.493 e. The zero-order chi connectivity index (χ0) is 23.3. The average molecular weight is 465 g/mol. The molecule has 0 N–H and O–H groups in total. The first-order chi connectivity index (χ1) is 15.7. The molecule has 170 valence electrons. The summed E-state index contributed by atoms with van der Waals surface area (Å²) in [5.41, 5.74) is 2.64. The van der Waals surface area contributed by atoms with Gasteiger partial charge in [0.05, 0.1) is 28.8 Å². The van der Waals surface area contributed by atoms with E-state index in [-0.39, 0.29) is 10.5 Å². The number of hydrogen-bond acceptors (Lipinski definition) is 6. The molecule has 3 heterocycles. The molecule has 1 aliphatic rings. The van der Waals surface area contributed by atoms with E-state index in [9.17, 15) is 13.2 Å². The molecule has 1 fully saturated rings. The lowest BCUT2D eigenvalue weighted by Crippen LogP contribution is -2.17. The Kier molecular flexibility index (Phi) is 5.08. The number of rotatable bonds is 6. The smallest absolute Gasteiger partial charge is 0.259 e. The highest BCUT2D eigenvalue weighted by atomic mass is 32.2. The quantitative estimate of drug-likeness (QED) is 0.435. The number of sulfone groups is 1. The highest BCUT2D eigenvalue weighted by Gasteiger charge is 2.24. The van der Waals surface area contributed by atoms with Crippen LogP contribution in [0, 0.1) is 5.92 Å². The summed E-state index contributed by atoms with van der Waals surface area (Å²) in [4.78, 5) is 17.6. The van der Waals surface area contributed by atoms with Crippen molar-refractivity contribution in [1.82, 2.24) is 19.3 Å². The zero-order valence-electron chi connectivity index (χ0n) is 18.6. The van der Waals surface area contributed by atoms with Crippen LogP contribution in [0.2, 0.25) is 0 Å². The van der Waals surface area contributed by atoms with Gasteiger partial charge in [0.15, 0.2) is 9.84 Å². The van der Waals surface area contributed by atoms with E-state index in [0.717, 1.165) is 18.4 Å². The van der Waals surface area contributed by atoms with E-state index < -0.39 is 9.84 Å². The summed E-state index contributed by atoms with van der Waals surface area (Å²) in [7, 11) is 0.0609. The maximum absolute atomic E-state index is 12.9. The monoisotopic (exact) mass is 464 g/mol. The summed E-state index contributed by atoms with van der Waals surface area (Å²) in [5, 5.41) is 5.33. The van der Waals surface area contributed by atoms with Crippen molar-refractivity contribution >= 4 is 20.6 Å². The molecule has 1 aliphatic carbocycles. The van der Waals surface area contributed by atoms with Crippen molar-refractivity contribution in [3.63, 3.8) is 0 Å². The molecule has 9 heteroatoms. The van der Waals surface area contributed by atoms with E-state index in [2.05, 4.69) is 10.1 Å². The summed E-state index contributed by atoms with van der Waals surface area (Å²) in [6, 6.07) is 6.74. The van der Waals surface area contributed by atoms with Crippen molar-refractivity contribution in [2.24, 2.45) is 20.0 Å². The van der Waals surface area contributed by atoms with Gasteiger partial charge in [0.1, 0.15) is 5.75 Å². The molecule has 0 radical (unpaired) electrons. The van der Waals surface area contributed by atoms with E-state index >= 15 is 0 Å². The number of fused-ring (bicyclic) bond motifs is 1. The molecule has 0 spiro atoms. The summed E-state index contributed by atoms with van der Waals surface area (Å²) >= 11 is 0. The Morgan fingerprint density at radius 1 is 1.06 bits per heavy atom. The predicted octanol–water partition coefficient (Wildman–Crippen LogP) is 3.19. The van der Waals surface area contributed by atoms with Gasteiger partial charge in [-0.3, -0.25) is 14.5 Å². The lowest BCUT2D eigenvalue weighted by molar-refractivity contribution is 0.301. The summed E-state index contributed by atoms with van der Waals surface area (Å²) < 4.78 is 33.9. The normalized spacial score (nSPS) is 14.0. The predicted molar refractivity (Wildman–Crippen MR) is 126 cm³/mol. The van der Waals surface area contributed by atoms with Crippen LogP contribution in [0.15, 0.2) is 58.7 Å². The Bertz CT molecular complexity index is 1550. The molecular formula is C24H24N4O4S. The van der Waals surface area contributed by atoms with Crippen molar-refractivity contribution in [2.45, 2.75) is 17.7 Å². The van der Waals surface area contributed by atoms with Crippen LogP contribution in [0.4, 0.5) is 0 Å². The Balaban J connectivity index is 1.77. The number of benzene rings is 1. The Morgan fingerprint density at radius 3 is 2.52 bits per heavy atom. The van der Waals surface area contributed by atoms with Crippen LogP contribution in [0.3, 0.4) is 0 Å². The molecule has 5 rings (SSSR count). The molecule has 3 aromatic heterocycles. The van der Waals surface area contributed by atoms with Crippen LogP contribution < -0.4 is 10.3 Å². The Morgan fingerprint density at radius 2 is 1.85 bits per heavy atom. The average Bonchev–Trinajstić information content (AvgIpc) is 3.52. The molecule has 0 aliphatic heterocycles. The molecule has 1 saturated carbocycles. The molecule has 33 heavy (non-hydrogen) atoms. The fourth-order valence-electron chi connectivity index (χ4n) is 3.85. The van der Waals surface area contributed by atoms with Crippen molar-refractivity contribution in [1.29, 1.82) is 0 Å². The van der Waals surface area contributed by atoms with Gasteiger partial charge in [0.25, 0.3) is 5.56 Å². The first-order valence-corrected chi connectivity index (χ1v) is 12.6. The third-order valence-corrected chi connectivity index (χ3v) is 7.02. The van der Waals surface area contributed by atoms with Gasteiger partial charge in [-0.25, -0.2) is 8.42 Å². The van der Waals surface area contributed by atoms with Gasteiger partial charge in [-0.1, -0.05) is 0 Å². The fraction of sp³-hybridized carbons (Fsp3) is 0.292. The fourth-order valence-corrected chi connectivity index (χ4v) is 4.50. The number of aromatic nitrogens is 4. The lowest BCUT2D eigenvalue weighted by Gasteiger charge is -2.16. The van der Waals surface area contributed by atoms with Crippen LogP contribution >= 0.6 is 0 Å². The molecule has 0 unspecified atom stereocenters. The van der Waals surface area contributed by atoms with Crippen LogP contribution in [-0.2, 0) is 23.9 Å². The highest BCUT2D eigenvalue weighted by molar-refractivity contribution is 7.90. The third-order valence-electron chi connectivity index (χ3n) is 5.91.